The lowest BCUT2D eigenvalue weighted by atomic mass is 10.1. The quantitative estimate of drug-likeness (QED) is 0.905. The van der Waals surface area contributed by atoms with Crippen LogP contribution in [0.3, 0.4) is 0 Å². The summed E-state index contributed by atoms with van der Waals surface area (Å²) >= 11 is 1.28. The van der Waals surface area contributed by atoms with E-state index in [2.05, 4.69) is 5.32 Å². The number of hydrogen-bond acceptors (Lipinski definition) is 2. The van der Waals surface area contributed by atoms with Crippen LogP contribution in [0.1, 0.15) is 11.1 Å². The van der Waals surface area contributed by atoms with Gasteiger partial charge in [0, 0.05) is 12.8 Å². The predicted octanol–water partition coefficient (Wildman–Crippen LogP) is 2.68. The zero-order valence-corrected chi connectivity index (χ0v) is 9.99. The Morgan fingerprint density at radius 3 is 2.71 bits per heavy atom. The monoisotopic (exact) mass is 263 g/mol. The molecular weight excluding hydrogens is 251 g/mol. The number of hydrogen-bond donors (Lipinski definition) is 1. The van der Waals surface area contributed by atoms with Gasteiger partial charge in [0.1, 0.15) is 0 Å². The third kappa shape index (κ3) is 4.68. The Hall–Kier alpha value is -1.17. The summed E-state index contributed by atoms with van der Waals surface area (Å²) in [6.45, 7) is 0. The van der Waals surface area contributed by atoms with Gasteiger partial charge in [-0.05, 0) is 11.6 Å². The van der Waals surface area contributed by atoms with Gasteiger partial charge in [0.05, 0.1) is 11.3 Å². The van der Waals surface area contributed by atoms with Crippen LogP contribution < -0.4 is 5.32 Å². The third-order valence-corrected chi connectivity index (χ3v) is 3.04. The number of carbonyl (C=O) groups is 1. The van der Waals surface area contributed by atoms with Crippen molar-refractivity contribution in [3.05, 3.63) is 35.4 Å². The van der Waals surface area contributed by atoms with Crippen molar-refractivity contribution >= 4 is 17.7 Å². The van der Waals surface area contributed by atoms with Gasteiger partial charge >= 0.3 is 6.18 Å². The lowest BCUT2D eigenvalue weighted by molar-refractivity contribution is -0.137. The summed E-state index contributed by atoms with van der Waals surface area (Å²) in [5, 5.41) is 2.45. The molecule has 1 amide bonds. The second-order valence-corrected chi connectivity index (χ2v) is 4.35. The topological polar surface area (TPSA) is 29.1 Å². The molecule has 0 aromatic heterocycles. The van der Waals surface area contributed by atoms with Gasteiger partial charge < -0.3 is 5.32 Å². The number of alkyl halides is 3. The van der Waals surface area contributed by atoms with Crippen molar-refractivity contribution in [2.45, 2.75) is 11.9 Å². The molecule has 0 atom stereocenters. The largest absolute Gasteiger partial charge is 0.416 e. The molecule has 1 rings (SSSR count). The summed E-state index contributed by atoms with van der Waals surface area (Å²) in [4.78, 5) is 10.9. The lowest BCUT2D eigenvalue weighted by Gasteiger charge is -2.08. The number of rotatable bonds is 4. The van der Waals surface area contributed by atoms with Gasteiger partial charge in [0.25, 0.3) is 0 Å². The number of halogens is 3. The Labute approximate surface area is 102 Å². The SMILES string of the molecule is CNC(=O)CSCc1cccc(C(F)(F)F)c1. The molecule has 0 saturated heterocycles. The van der Waals surface area contributed by atoms with E-state index in [9.17, 15) is 18.0 Å². The van der Waals surface area contributed by atoms with Crippen LogP contribution in [0, 0.1) is 0 Å². The van der Waals surface area contributed by atoms with E-state index in [0.29, 0.717) is 11.3 Å². The Morgan fingerprint density at radius 1 is 1.41 bits per heavy atom. The zero-order chi connectivity index (χ0) is 12.9. The Balaban J connectivity index is 2.58. The van der Waals surface area contributed by atoms with Gasteiger partial charge in [0.2, 0.25) is 5.91 Å². The zero-order valence-electron chi connectivity index (χ0n) is 9.17. The molecule has 0 spiro atoms. The molecule has 94 valence electrons. The molecule has 1 N–H and O–H groups in total. The fraction of sp³-hybridized carbons (Fsp3) is 0.364. The molecule has 0 fully saturated rings. The van der Waals surface area contributed by atoms with E-state index < -0.39 is 11.7 Å². The normalized spacial score (nSPS) is 11.3. The van der Waals surface area contributed by atoms with Crippen LogP contribution in [0.5, 0.6) is 0 Å². The Kier molecular flexibility index (Phi) is 4.86. The summed E-state index contributed by atoms with van der Waals surface area (Å²) in [6, 6.07) is 5.13. The first-order chi connectivity index (χ1) is 7.93. The van der Waals surface area contributed by atoms with Crippen molar-refractivity contribution in [1.82, 2.24) is 5.32 Å². The van der Waals surface area contributed by atoms with Crippen molar-refractivity contribution < 1.29 is 18.0 Å². The minimum atomic E-state index is -4.32. The maximum atomic E-state index is 12.4. The summed E-state index contributed by atoms with van der Waals surface area (Å²) < 4.78 is 37.2. The van der Waals surface area contributed by atoms with Crippen LogP contribution in [0.2, 0.25) is 0 Å². The highest BCUT2D eigenvalue weighted by atomic mass is 32.2. The molecule has 1 aromatic rings. The summed E-state index contributed by atoms with van der Waals surface area (Å²) in [6.07, 6.45) is -4.32. The molecule has 17 heavy (non-hydrogen) atoms. The van der Waals surface area contributed by atoms with Crippen molar-refractivity contribution in [2.24, 2.45) is 0 Å². The van der Waals surface area contributed by atoms with Gasteiger partial charge in [-0.1, -0.05) is 18.2 Å². The molecule has 0 radical (unpaired) electrons. The minimum Gasteiger partial charge on any atom is -0.358 e. The summed E-state index contributed by atoms with van der Waals surface area (Å²) in [7, 11) is 1.52. The van der Waals surface area contributed by atoms with Crippen molar-refractivity contribution in [2.75, 3.05) is 12.8 Å². The van der Waals surface area contributed by atoms with Crippen molar-refractivity contribution in [1.29, 1.82) is 0 Å². The van der Waals surface area contributed by atoms with Crippen LogP contribution >= 0.6 is 11.8 Å². The van der Waals surface area contributed by atoms with E-state index in [-0.39, 0.29) is 11.7 Å². The van der Waals surface area contributed by atoms with Crippen molar-refractivity contribution in [3.8, 4) is 0 Å². The van der Waals surface area contributed by atoms with E-state index in [1.54, 1.807) is 6.07 Å². The molecule has 0 aliphatic rings. The van der Waals surface area contributed by atoms with Crippen LogP contribution in [0.25, 0.3) is 0 Å². The van der Waals surface area contributed by atoms with Crippen LogP contribution in [0.4, 0.5) is 13.2 Å². The second-order valence-electron chi connectivity index (χ2n) is 3.36. The average molecular weight is 263 g/mol. The fourth-order valence-electron chi connectivity index (χ4n) is 1.17. The number of nitrogens with one attached hydrogen (secondary N) is 1. The maximum Gasteiger partial charge on any atom is 0.416 e. The molecule has 0 bridgehead atoms. The smallest absolute Gasteiger partial charge is 0.358 e. The lowest BCUT2D eigenvalue weighted by Crippen LogP contribution is -2.19. The van der Waals surface area contributed by atoms with E-state index in [1.807, 2.05) is 0 Å². The van der Waals surface area contributed by atoms with Gasteiger partial charge in [-0.25, -0.2) is 0 Å². The minimum absolute atomic E-state index is 0.137. The standard InChI is InChI=1S/C11H12F3NOS/c1-15-10(16)7-17-6-8-3-2-4-9(5-8)11(12,13)14/h2-5H,6-7H2,1H3,(H,15,16). The molecule has 6 heteroatoms. The Morgan fingerprint density at radius 2 is 2.12 bits per heavy atom. The Bertz CT molecular complexity index is 393. The number of amides is 1. The van der Waals surface area contributed by atoms with Crippen LogP contribution in [-0.2, 0) is 16.7 Å². The first-order valence-corrected chi connectivity index (χ1v) is 6.03. The van der Waals surface area contributed by atoms with Crippen LogP contribution in [-0.4, -0.2) is 18.7 Å². The summed E-state index contributed by atoms with van der Waals surface area (Å²) in [5.74, 6) is 0.492. The molecule has 1 aromatic carbocycles. The van der Waals surface area contributed by atoms with Gasteiger partial charge in [-0.15, -0.1) is 11.8 Å². The molecular formula is C11H12F3NOS. The second kappa shape index (κ2) is 5.95. The molecule has 0 aliphatic heterocycles. The van der Waals surface area contributed by atoms with E-state index in [0.717, 1.165) is 12.1 Å². The first kappa shape index (κ1) is 13.9. The molecule has 2 nitrogen and oxygen atoms in total. The predicted molar refractivity (Wildman–Crippen MR) is 61.7 cm³/mol. The van der Waals surface area contributed by atoms with Crippen molar-refractivity contribution in [3.63, 3.8) is 0 Å². The molecule has 0 heterocycles. The van der Waals surface area contributed by atoms with E-state index in [4.69, 9.17) is 0 Å². The third-order valence-electron chi connectivity index (χ3n) is 2.04. The number of thioether (sulfide) groups is 1. The average Bonchev–Trinajstić information content (AvgIpc) is 2.28. The first-order valence-electron chi connectivity index (χ1n) is 4.88. The fourth-order valence-corrected chi connectivity index (χ4v) is 2.02. The number of benzene rings is 1. The van der Waals surface area contributed by atoms with E-state index >= 15 is 0 Å². The molecule has 0 aliphatic carbocycles. The highest BCUT2D eigenvalue weighted by Gasteiger charge is 2.30. The van der Waals surface area contributed by atoms with Crippen LogP contribution in [0.15, 0.2) is 24.3 Å². The van der Waals surface area contributed by atoms with Gasteiger partial charge in [-0.3, -0.25) is 4.79 Å². The number of carbonyl (C=O) groups excluding carboxylic acids is 1. The molecule has 0 saturated carbocycles. The summed E-state index contributed by atoms with van der Waals surface area (Å²) in [5.41, 5.74) is -0.0933. The highest BCUT2D eigenvalue weighted by molar-refractivity contribution is 7.99. The van der Waals surface area contributed by atoms with Gasteiger partial charge in [0.15, 0.2) is 0 Å². The molecule has 0 unspecified atom stereocenters. The maximum absolute atomic E-state index is 12.4. The van der Waals surface area contributed by atoms with Gasteiger partial charge in [-0.2, -0.15) is 13.2 Å². The van der Waals surface area contributed by atoms with E-state index in [1.165, 1.54) is 24.9 Å². The highest BCUT2D eigenvalue weighted by Crippen LogP contribution is 2.30.